The molecular weight excluding hydrogens is 260 g/mol. The van der Waals surface area contributed by atoms with Gasteiger partial charge in [-0.25, -0.2) is 0 Å². The van der Waals surface area contributed by atoms with Crippen LogP contribution in [0.4, 0.5) is 0 Å². The second-order valence-electron chi connectivity index (χ2n) is 4.65. The van der Waals surface area contributed by atoms with E-state index in [1.807, 2.05) is 16.3 Å². The normalized spacial score (nSPS) is 11.2. The number of hydrogen-bond acceptors (Lipinski definition) is 2. The van der Waals surface area contributed by atoms with Gasteiger partial charge in [0.25, 0.3) is 0 Å². The molecule has 0 amide bonds. The van der Waals surface area contributed by atoms with E-state index in [0.717, 1.165) is 41.5 Å². The first-order chi connectivity index (χ1) is 9.10. The van der Waals surface area contributed by atoms with Crippen LogP contribution < -0.4 is 0 Å². The molecule has 0 radical (unpaired) electrons. The minimum atomic E-state index is 0.691. The van der Waals surface area contributed by atoms with E-state index in [1.165, 1.54) is 5.69 Å². The minimum Gasteiger partial charge on any atom is -0.266 e. The summed E-state index contributed by atoms with van der Waals surface area (Å²) in [6, 6.07) is 2.17. The quantitative estimate of drug-likeness (QED) is 0.843. The lowest BCUT2D eigenvalue weighted by molar-refractivity contribution is 0.561. The Bertz CT molecular complexity index is 568. The molecule has 2 rings (SSSR count). The van der Waals surface area contributed by atoms with Gasteiger partial charge in [-0.1, -0.05) is 25.4 Å². The van der Waals surface area contributed by atoms with Gasteiger partial charge in [-0.05, 0) is 32.8 Å². The molecule has 0 spiro atoms. The fourth-order valence-electron chi connectivity index (χ4n) is 2.27. The summed E-state index contributed by atoms with van der Waals surface area (Å²) in [6.07, 6.45) is 1.93. The predicted octanol–water partition coefficient (Wildman–Crippen LogP) is 3.23. The van der Waals surface area contributed by atoms with Crippen molar-refractivity contribution in [2.45, 2.75) is 53.6 Å². The molecule has 104 valence electrons. The molecule has 2 heterocycles. The summed E-state index contributed by atoms with van der Waals surface area (Å²) < 4.78 is 4.01. The highest BCUT2D eigenvalue weighted by Crippen LogP contribution is 2.22. The Morgan fingerprint density at radius 1 is 1.11 bits per heavy atom. The molecule has 0 aliphatic carbocycles. The summed E-state index contributed by atoms with van der Waals surface area (Å²) in [4.78, 5) is 0. The molecule has 5 heteroatoms. The van der Waals surface area contributed by atoms with Gasteiger partial charge in [-0.3, -0.25) is 9.36 Å². The molecule has 0 aromatic carbocycles. The second-order valence-corrected chi connectivity index (χ2v) is 5.03. The van der Waals surface area contributed by atoms with Gasteiger partial charge in [-0.2, -0.15) is 10.2 Å². The average molecular weight is 281 g/mol. The number of halogens is 1. The third-order valence-corrected chi connectivity index (χ3v) is 3.88. The van der Waals surface area contributed by atoms with Gasteiger partial charge in [-0.15, -0.1) is 0 Å². The molecule has 0 saturated carbocycles. The van der Waals surface area contributed by atoms with E-state index < -0.39 is 0 Å². The fourth-order valence-corrected chi connectivity index (χ4v) is 2.47. The Morgan fingerprint density at radius 3 is 2.42 bits per heavy atom. The van der Waals surface area contributed by atoms with Gasteiger partial charge in [0.1, 0.15) is 0 Å². The van der Waals surface area contributed by atoms with Crippen LogP contribution in [0.25, 0.3) is 0 Å². The van der Waals surface area contributed by atoms with Gasteiger partial charge in [0.05, 0.1) is 28.6 Å². The summed E-state index contributed by atoms with van der Waals surface area (Å²) in [5.74, 6) is 0. The largest absolute Gasteiger partial charge is 0.266 e. The Kier molecular flexibility index (Phi) is 4.30. The first kappa shape index (κ1) is 14.1. The van der Waals surface area contributed by atoms with Crippen LogP contribution in [0.2, 0.25) is 5.02 Å². The first-order valence-electron chi connectivity index (χ1n) is 6.88. The van der Waals surface area contributed by atoms with Crippen molar-refractivity contribution < 1.29 is 0 Å². The monoisotopic (exact) mass is 280 g/mol. The molecule has 0 aliphatic heterocycles. The van der Waals surface area contributed by atoms with Gasteiger partial charge in [0, 0.05) is 12.2 Å². The summed E-state index contributed by atoms with van der Waals surface area (Å²) >= 11 is 6.35. The topological polar surface area (TPSA) is 35.6 Å². The van der Waals surface area contributed by atoms with Gasteiger partial charge >= 0.3 is 0 Å². The Labute approximate surface area is 119 Å². The van der Waals surface area contributed by atoms with Crippen molar-refractivity contribution in [3.8, 4) is 0 Å². The van der Waals surface area contributed by atoms with E-state index in [9.17, 15) is 0 Å². The van der Waals surface area contributed by atoms with Crippen LogP contribution in [0.5, 0.6) is 0 Å². The molecule has 2 aromatic heterocycles. The minimum absolute atomic E-state index is 0.691. The Morgan fingerprint density at radius 2 is 1.84 bits per heavy atom. The molecular formula is C14H21ClN4. The second kappa shape index (κ2) is 5.78. The summed E-state index contributed by atoms with van der Waals surface area (Å²) in [7, 11) is 0. The lowest BCUT2D eigenvalue weighted by atomic mass is 10.2. The van der Waals surface area contributed by atoms with Crippen molar-refractivity contribution in [2.24, 2.45) is 0 Å². The molecule has 4 nitrogen and oxygen atoms in total. The van der Waals surface area contributed by atoms with E-state index in [4.69, 9.17) is 11.6 Å². The van der Waals surface area contributed by atoms with Crippen LogP contribution >= 0.6 is 11.6 Å². The van der Waals surface area contributed by atoms with E-state index in [1.54, 1.807) is 0 Å². The molecule has 2 aromatic rings. The fraction of sp³-hybridized carbons (Fsp3) is 0.571. The van der Waals surface area contributed by atoms with E-state index in [-0.39, 0.29) is 0 Å². The van der Waals surface area contributed by atoms with Crippen LogP contribution in [0.3, 0.4) is 0 Å². The van der Waals surface area contributed by atoms with Gasteiger partial charge < -0.3 is 0 Å². The van der Waals surface area contributed by atoms with Crippen molar-refractivity contribution >= 4 is 11.6 Å². The standard InChI is InChI=1S/C14H21ClN4/c1-5-11-8-12(6-2)19(17-11)9-13-14(15)10(4)16-18(13)7-3/h8H,5-7,9H2,1-4H3. The highest BCUT2D eigenvalue weighted by molar-refractivity contribution is 6.31. The van der Waals surface area contributed by atoms with Crippen LogP contribution in [0, 0.1) is 6.92 Å². The van der Waals surface area contributed by atoms with Gasteiger partial charge in [0.15, 0.2) is 0 Å². The Hall–Kier alpha value is -1.29. The lowest BCUT2D eigenvalue weighted by Crippen LogP contribution is -2.11. The maximum Gasteiger partial charge on any atom is 0.0866 e. The third-order valence-electron chi connectivity index (χ3n) is 3.39. The van der Waals surface area contributed by atoms with Crippen molar-refractivity contribution in [2.75, 3.05) is 0 Å². The maximum atomic E-state index is 6.35. The number of aryl methyl sites for hydroxylation is 4. The number of aromatic nitrogens is 4. The number of hydrogen-bond donors (Lipinski definition) is 0. The van der Waals surface area contributed by atoms with E-state index in [2.05, 4.69) is 37.0 Å². The molecule has 19 heavy (non-hydrogen) atoms. The van der Waals surface area contributed by atoms with E-state index in [0.29, 0.717) is 6.54 Å². The molecule has 0 fully saturated rings. The van der Waals surface area contributed by atoms with Crippen molar-refractivity contribution in [1.29, 1.82) is 0 Å². The van der Waals surface area contributed by atoms with Crippen molar-refractivity contribution in [3.05, 3.63) is 33.9 Å². The number of nitrogens with zero attached hydrogens (tertiary/aromatic N) is 4. The first-order valence-corrected chi connectivity index (χ1v) is 7.25. The SMILES string of the molecule is CCc1cc(CC)n(Cc2c(Cl)c(C)nn2CC)n1. The molecule has 0 saturated heterocycles. The molecule has 0 bridgehead atoms. The summed E-state index contributed by atoms with van der Waals surface area (Å²) in [5, 5.41) is 9.85. The zero-order valence-corrected chi connectivity index (χ0v) is 12.8. The zero-order valence-electron chi connectivity index (χ0n) is 12.1. The van der Waals surface area contributed by atoms with Crippen molar-refractivity contribution in [3.63, 3.8) is 0 Å². The Balaban J connectivity index is 2.38. The van der Waals surface area contributed by atoms with E-state index >= 15 is 0 Å². The molecule has 0 unspecified atom stereocenters. The third kappa shape index (κ3) is 2.68. The lowest BCUT2D eigenvalue weighted by Gasteiger charge is -2.08. The molecule has 0 aliphatic rings. The summed E-state index contributed by atoms with van der Waals surface area (Å²) in [6.45, 7) is 9.81. The van der Waals surface area contributed by atoms with Crippen LogP contribution in [-0.4, -0.2) is 19.6 Å². The predicted molar refractivity (Wildman–Crippen MR) is 77.7 cm³/mol. The van der Waals surface area contributed by atoms with Crippen LogP contribution in [-0.2, 0) is 25.9 Å². The van der Waals surface area contributed by atoms with Crippen molar-refractivity contribution in [1.82, 2.24) is 19.6 Å². The number of rotatable bonds is 5. The zero-order chi connectivity index (χ0) is 14.0. The average Bonchev–Trinajstić information content (AvgIpc) is 2.94. The smallest absolute Gasteiger partial charge is 0.0866 e. The maximum absolute atomic E-state index is 6.35. The van der Waals surface area contributed by atoms with Crippen LogP contribution in [0.1, 0.15) is 43.5 Å². The van der Waals surface area contributed by atoms with Gasteiger partial charge in [0.2, 0.25) is 0 Å². The summed E-state index contributed by atoms with van der Waals surface area (Å²) in [5.41, 5.74) is 4.31. The highest BCUT2D eigenvalue weighted by Gasteiger charge is 2.15. The molecule has 0 N–H and O–H groups in total. The highest BCUT2D eigenvalue weighted by atomic mass is 35.5. The molecule has 0 atom stereocenters. The van der Waals surface area contributed by atoms with Crippen LogP contribution in [0.15, 0.2) is 6.07 Å².